The van der Waals surface area contributed by atoms with Crippen LogP contribution in [0.1, 0.15) is 33.1 Å². The number of guanidine groups is 1. The molecule has 138 valence electrons. The van der Waals surface area contributed by atoms with E-state index < -0.39 is 9.84 Å². The normalized spacial score (nSPS) is 27.6. The van der Waals surface area contributed by atoms with Gasteiger partial charge in [0.2, 0.25) is 5.91 Å². The minimum Gasteiger partial charge on any atom is -0.356 e. The fourth-order valence-corrected chi connectivity index (χ4v) is 4.89. The highest BCUT2D eigenvalue weighted by atomic mass is 32.2. The molecule has 2 heterocycles. The summed E-state index contributed by atoms with van der Waals surface area (Å²) >= 11 is 0. The Morgan fingerprint density at radius 3 is 2.71 bits per heavy atom. The molecule has 1 amide bonds. The summed E-state index contributed by atoms with van der Waals surface area (Å²) in [6.07, 6.45) is 2.06. The van der Waals surface area contributed by atoms with Crippen LogP contribution in [0.5, 0.6) is 0 Å². The Kier molecular flexibility index (Phi) is 6.48. The third-order valence-electron chi connectivity index (χ3n) is 4.47. The zero-order valence-electron chi connectivity index (χ0n) is 14.9. The zero-order valence-corrected chi connectivity index (χ0v) is 15.7. The number of sulfone groups is 1. The maximum absolute atomic E-state index is 11.6. The van der Waals surface area contributed by atoms with Crippen molar-refractivity contribution in [1.29, 1.82) is 0 Å². The Labute approximate surface area is 145 Å². The van der Waals surface area contributed by atoms with Crippen LogP contribution in [0.25, 0.3) is 0 Å². The number of piperidine rings is 1. The lowest BCUT2D eigenvalue weighted by Crippen LogP contribution is -2.52. The molecule has 0 aromatic heterocycles. The van der Waals surface area contributed by atoms with E-state index in [0.29, 0.717) is 44.1 Å². The molecule has 2 unspecified atom stereocenters. The van der Waals surface area contributed by atoms with Crippen molar-refractivity contribution in [3.63, 3.8) is 0 Å². The first-order valence-electron chi connectivity index (χ1n) is 8.74. The highest BCUT2D eigenvalue weighted by Crippen LogP contribution is 2.17. The van der Waals surface area contributed by atoms with Crippen LogP contribution in [0.3, 0.4) is 0 Å². The van der Waals surface area contributed by atoms with Gasteiger partial charge in [-0.05, 0) is 24.7 Å². The Hall–Kier alpha value is -1.31. The van der Waals surface area contributed by atoms with Crippen LogP contribution in [0.2, 0.25) is 0 Å². The van der Waals surface area contributed by atoms with E-state index in [4.69, 9.17) is 0 Å². The number of carbonyl (C=O) groups excluding carboxylic acids is 1. The molecule has 0 aromatic carbocycles. The molecule has 0 saturated carbocycles. The molecule has 2 aliphatic rings. The monoisotopic (exact) mass is 358 g/mol. The average molecular weight is 359 g/mol. The number of rotatable bonds is 5. The number of amides is 1. The second-order valence-electron chi connectivity index (χ2n) is 7.39. The first kappa shape index (κ1) is 19.0. The SMILES string of the molecule is CC(C)CN=C(NCC1CCS(=O)(=O)C1)NC1CCC(=O)N(C)C1. The van der Waals surface area contributed by atoms with Crippen LogP contribution in [0.4, 0.5) is 0 Å². The van der Waals surface area contributed by atoms with Gasteiger partial charge in [0.1, 0.15) is 0 Å². The maximum atomic E-state index is 11.6. The van der Waals surface area contributed by atoms with Gasteiger partial charge in [-0.15, -0.1) is 0 Å². The van der Waals surface area contributed by atoms with Gasteiger partial charge in [-0.3, -0.25) is 9.79 Å². The molecule has 2 fully saturated rings. The Morgan fingerprint density at radius 1 is 1.38 bits per heavy atom. The smallest absolute Gasteiger partial charge is 0.222 e. The number of likely N-dealkylation sites (N-methyl/N-ethyl adjacent to an activating group) is 1. The van der Waals surface area contributed by atoms with Gasteiger partial charge in [0.05, 0.1) is 11.5 Å². The van der Waals surface area contributed by atoms with Crippen molar-refractivity contribution in [3.8, 4) is 0 Å². The third kappa shape index (κ3) is 5.96. The number of likely N-dealkylation sites (tertiary alicyclic amines) is 1. The molecule has 0 aliphatic carbocycles. The molecule has 0 aromatic rings. The van der Waals surface area contributed by atoms with E-state index in [9.17, 15) is 13.2 Å². The van der Waals surface area contributed by atoms with Gasteiger partial charge in [-0.25, -0.2) is 8.42 Å². The van der Waals surface area contributed by atoms with E-state index in [1.165, 1.54) is 0 Å². The summed E-state index contributed by atoms with van der Waals surface area (Å²) in [5.74, 6) is 2.06. The van der Waals surface area contributed by atoms with E-state index in [2.05, 4.69) is 29.5 Å². The lowest BCUT2D eigenvalue weighted by Gasteiger charge is -2.31. The largest absolute Gasteiger partial charge is 0.356 e. The highest BCUT2D eigenvalue weighted by Gasteiger charge is 2.28. The lowest BCUT2D eigenvalue weighted by atomic mass is 10.1. The summed E-state index contributed by atoms with van der Waals surface area (Å²) < 4.78 is 23.1. The van der Waals surface area contributed by atoms with Gasteiger partial charge in [0.15, 0.2) is 15.8 Å². The molecular formula is C16H30N4O3S. The summed E-state index contributed by atoms with van der Waals surface area (Å²) in [6.45, 7) is 6.21. The van der Waals surface area contributed by atoms with Crippen LogP contribution in [0.15, 0.2) is 4.99 Å². The maximum Gasteiger partial charge on any atom is 0.222 e. The fourth-order valence-electron chi connectivity index (χ4n) is 3.02. The van der Waals surface area contributed by atoms with Crippen molar-refractivity contribution >= 4 is 21.7 Å². The van der Waals surface area contributed by atoms with E-state index in [-0.39, 0.29) is 23.6 Å². The van der Waals surface area contributed by atoms with Crippen molar-refractivity contribution in [3.05, 3.63) is 0 Å². The molecule has 0 spiro atoms. The summed E-state index contributed by atoms with van der Waals surface area (Å²) in [4.78, 5) is 17.9. The van der Waals surface area contributed by atoms with E-state index in [1.807, 2.05) is 7.05 Å². The van der Waals surface area contributed by atoms with E-state index >= 15 is 0 Å². The first-order chi connectivity index (χ1) is 11.2. The fraction of sp³-hybridized carbons (Fsp3) is 0.875. The second kappa shape index (κ2) is 8.18. The molecule has 8 heteroatoms. The van der Waals surface area contributed by atoms with Crippen LogP contribution in [0, 0.1) is 11.8 Å². The topological polar surface area (TPSA) is 90.9 Å². The number of aliphatic imine (C=N–C) groups is 1. The van der Waals surface area contributed by atoms with Gasteiger partial charge >= 0.3 is 0 Å². The Morgan fingerprint density at radius 2 is 2.12 bits per heavy atom. The summed E-state index contributed by atoms with van der Waals surface area (Å²) in [7, 11) is -1.04. The number of nitrogens with one attached hydrogen (secondary N) is 2. The van der Waals surface area contributed by atoms with Gasteiger partial charge in [-0.1, -0.05) is 13.8 Å². The van der Waals surface area contributed by atoms with Crippen molar-refractivity contribution < 1.29 is 13.2 Å². The molecular weight excluding hydrogens is 328 g/mol. The average Bonchev–Trinajstić information content (AvgIpc) is 2.85. The molecule has 0 bridgehead atoms. The number of hydrogen-bond acceptors (Lipinski definition) is 4. The summed E-state index contributed by atoms with van der Waals surface area (Å²) in [6, 6.07) is 0.179. The summed E-state index contributed by atoms with van der Waals surface area (Å²) in [5, 5.41) is 6.70. The van der Waals surface area contributed by atoms with Crippen LogP contribution in [-0.4, -0.2) is 69.4 Å². The van der Waals surface area contributed by atoms with Crippen LogP contribution in [-0.2, 0) is 14.6 Å². The predicted octanol–water partition coefficient (Wildman–Crippen LogP) is 0.233. The molecule has 2 saturated heterocycles. The Bertz CT molecular complexity index is 574. The van der Waals surface area contributed by atoms with Gasteiger partial charge in [-0.2, -0.15) is 0 Å². The molecule has 2 aliphatic heterocycles. The van der Waals surface area contributed by atoms with Crippen molar-refractivity contribution in [2.24, 2.45) is 16.8 Å². The van der Waals surface area contributed by atoms with Crippen molar-refractivity contribution in [2.75, 3.05) is 38.2 Å². The predicted molar refractivity (Wildman–Crippen MR) is 95.7 cm³/mol. The van der Waals surface area contributed by atoms with Gasteiger partial charge < -0.3 is 15.5 Å². The van der Waals surface area contributed by atoms with Gasteiger partial charge in [0, 0.05) is 39.1 Å². The zero-order chi connectivity index (χ0) is 17.7. The molecule has 24 heavy (non-hydrogen) atoms. The van der Waals surface area contributed by atoms with Crippen molar-refractivity contribution in [2.45, 2.75) is 39.2 Å². The number of hydrogen-bond donors (Lipinski definition) is 2. The molecule has 2 N–H and O–H groups in total. The lowest BCUT2D eigenvalue weighted by molar-refractivity contribution is -0.132. The van der Waals surface area contributed by atoms with E-state index in [0.717, 1.165) is 12.4 Å². The molecule has 2 rings (SSSR count). The van der Waals surface area contributed by atoms with Crippen LogP contribution < -0.4 is 10.6 Å². The number of carbonyl (C=O) groups is 1. The van der Waals surface area contributed by atoms with Crippen molar-refractivity contribution in [1.82, 2.24) is 15.5 Å². The summed E-state index contributed by atoms with van der Waals surface area (Å²) in [5.41, 5.74) is 0. The highest BCUT2D eigenvalue weighted by molar-refractivity contribution is 7.91. The van der Waals surface area contributed by atoms with E-state index in [1.54, 1.807) is 4.90 Å². The standard InChI is InChI=1S/C16H30N4O3S/c1-12(2)8-17-16(18-9-13-6-7-24(22,23)11-13)19-14-4-5-15(21)20(3)10-14/h12-14H,4-11H2,1-3H3,(H2,17,18,19). The third-order valence-corrected chi connectivity index (χ3v) is 6.30. The Balaban J connectivity index is 1.90. The first-order valence-corrected chi connectivity index (χ1v) is 10.6. The second-order valence-corrected chi connectivity index (χ2v) is 9.62. The number of nitrogens with zero attached hydrogens (tertiary/aromatic N) is 2. The molecule has 0 radical (unpaired) electrons. The van der Waals surface area contributed by atoms with Gasteiger partial charge in [0.25, 0.3) is 0 Å². The quantitative estimate of drug-likeness (QED) is 0.542. The molecule has 2 atom stereocenters. The minimum absolute atomic E-state index is 0.150. The minimum atomic E-state index is -2.85. The van der Waals surface area contributed by atoms with Crippen LogP contribution >= 0.6 is 0 Å². The molecule has 7 nitrogen and oxygen atoms in total.